The Morgan fingerprint density at radius 3 is 2.37 bits per heavy atom. The molecule has 0 aliphatic carbocycles. The van der Waals surface area contributed by atoms with Crippen LogP contribution in [-0.4, -0.2) is 34.0 Å². The van der Waals surface area contributed by atoms with Crippen molar-refractivity contribution in [2.24, 2.45) is 0 Å². The lowest BCUT2D eigenvalue weighted by Crippen LogP contribution is -2.27. The van der Waals surface area contributed by atoms with Crippen molar-refractivity contribution in [2.45, 2.75) is 6.18 Å². The van der Waals surface area contributed by atoms with Gasteiger partial charge in [0.15, 0.2) is 0 Å². The van der Waals surface area contributed by atoms with E-state index in [-0.39, 0.29) is 23.7 Å². The second-order valence-electron chi connectivity index (χ2n) is 4.33. The van der Waals surface area contributed by atoms with Gasteiger partial charge in [-0.3, -0.25) is 0 Å². The Bertz CT molecular complexity index is 556. The van der Waals surface area contributed by atoms with Gasteiger partial charge in [-0.05, 0) is 18.2 Å². The molecule has 108 valence electrons. The molecular formula is C11H15F3N2O2S. The molecule has 1 aromatic carbocycles. The first-order chi connectivity index (χ1) is 8.50. The summed E-state index contributed by atoms with van der Waals surface area (Å²) in [7, 11) is -1.82. The fraction of sp³-hybridized carbons (Fsp3) is 0.455. The van der Waals surface area contributed by atoms with Gasteiger partial charge < -0.3 is 10.6 Å². The van der Waals surface area contributed by atoms with Gasteiger partial charge in [0.2, 0.25) is 0 Å². The average Bonchev–Trinajstić information content (AvgIpc) is 2.23. The molecule has 4 nitrogen and oxygen atoms in total. The lowest BCUT2D eigenvalue weighted by molar-refractivity contribution is -0.137. The molecule has 8 heteroatoms. The molecule has 1 rings (SSSR count). The van der Waals surface area contributed by atoms with Gasteiger partial charge in [0, 0.05) is 31.2 Å². The highest BCUT2D eigenvalue weighted by atomic mass is 32.2. The van der Waals surface area contributed by atoms with Gasteiger partial charge in [-0.1, -0.05) is 0 Å². The zero-order valence-corrected chi connectivity index (χ0v) is 11.3. The molecule has 1 aromatic rings. The number of nitrogen functional groups attached to an aromatic ring is 1. The SMILES string of the molecule is CN(CCS(C)(=O)=O)c1ccc(N)cc1C(F)(F)F. The molecule has 0 aliphatic heterocycles. The summed E-state index contributed by atoms with van der Waals surface area (Å²) in [6, 6.07) is 3.42. The van der Waals surface area contributed by atoms with Crippen molar-refractivity contribution in [3.63, 3.8) is 0 Å². The van der Waals surface area contributed by atoms with Crippen LogP contribution < -0.4 is 10.6 Å². The average molecular weight is 296 g/mol. The Hall–Kier alpha value is -1.44. The molecule has 0 saturated heterocycles. The van der Waals surface area contributed by atoms with Crippen molar-refractivity contribution in [3.8, 4) is 0 Å². The van der Waals surface area contributed by atoms with E-state index in [1.807, 2.05) is 0 Å². The van der Waals surface area contributed by atoms with E-state index in [9.17, 15) is 21.6 Å². The molecule has 0 unspecified atom stereocenters. The number of benzene rings is 1. The number of hydrogen-bond donors (Lipinski definition) is 1. The molecule has 0 saturated carbocycles. The van der Waals surface area contributed by atoms with E-state index in [1.54, 1.807) is 0 Å². The molecule has 0 aliphatic rings. The number of halogens is 3. The fourth-order valence-electron chi connectivity index (χ4n) is 1.54. The van der Waals surface area contributed by atoms with Crippen LogP contribution in [0.3, 0.4) is 0 Å². The minimum absolute atomic E-state index is 0.00703. The zero-order chi connectivity index (χ0) is 14.8. The second kappa shape index (κ2) is 5.28. The highest BCUT2D eigenvalue weighted by Gasteiger charge is 2.34. The van der Waals surface area contributed by atoms with Crippen molar-refractivity contribution in [3.05, 3.63) is 23.8 Å². The molecule has 0 aromatic heterocycles. The number of anilines is 2. The van der Waals surface area contributed by atoms with Crippen LogP contribution >= 0.6 is 0 Å². The van der Waals surface area contributed by atoms with Crippen LogP contribution in [0.15, 0.2) is 18.2 Å². The Balaban J connectivity index is 3.06. The third-order valence-electron chi connectivity index (χ3n) is 2.53. The summed E-state index contributed by atoms with van der Waals surface area (Å²) in [6.45, 7) is -0.0220. The predicted molar refractivity (Wildman–Crippen MR) is 68.8 cm³/mol. The van der Waals surface area contributed by atoms with Crippen molar-refractivity contribution in [1.29, 1.82) is 0 Å². The first-order valence-corrected chi connectivity index (χ1v) is 7.42. The summed E-state index contributed by atoms with van der Waals surface area (Å²) in [4.78, 5) is 1.25. The molecule has 0 atom stereocenters. The number of hydrogen-bond acceptors (Lipinski definition) is 4. The molecular weight excluding hydrogens is 281 g/mol. The molecule has 0 fully saturated rings. The minimum Gasteiger partial charge on any atom is -0.399 e. The second-order valence-corrected chi connectivity index (χ2v) is 6.59. The van der Waals surface area contributed by atoms with E-state index >= 15 is 0 Å². The Morgan fingerprint density at radius 1 is 1.32 bits per heavy atom. The first-order valence-electron chi connectivity index (χ1n) is 5.36. The third kappa shape index (κ3) is 4.62. The van der Waals surface area contributed by atoms with Crippen LogP contribution in [0.5, 0.6) is 0 Å². The lowest BCUT2D eigenvalue weighted by Gasteiger charge is -2.23. The van der Waals surface area contributed by atoms with Gasteiger partial charge in [-0.15, -0.1) is 0 Å². The van der Waals surface area contributed by atoms with Crippen molar-refractivity contribution in [2.75, 3.05) is 36.2 Å². The zero-order valence-electron chi connectivity index (χ0n) is 10.5. The fourth-order valence-corrected chi connectivity index (χ4v) is 2.14. The van der Waals surface area contributed by atoms with Crippen molar-refractivity contribution < 1.29 is 21.6 Å². The molecule has 0 amide bonds. The van der Waals surface area contributed by atoms with E-state index in [4.69, 9.17) is 5.73 Å². The van der Waals surface area contributed by atoms with Gasteiger partial charge in [-0.2, -0.15) is 13.2 Å². The van der Waals surface area contributed by atoms with E-state index in [2.05, 4.69) is 0 Å². The summed E-state index contributed by atoms with van der Waals surface area (Å²) in [5.74, 6) is -0.217. The monoisotopic (exact) mass is 296 g/mol. The van der Waals surface area contributed by atoms with E-state index < -0.39 is 21.6 Å². The summed E-state index contributed by atoms with van der Waals surface area (Å²) in [5, 5.41) is 0. The van der Waals surface area contributed by atoms with E-state index in [0.717, 1.165) is 12.3 Å². The molecule has 2 N–H and O–H groups in total. The van der Waals surface area contributed by atoms with Crippen molar-refractivity contribution in [1.82, 2.24) is 0 Å². The quantitative estimate of drug-likeness (QED) is 0.860. The standard InChI is InChI=1S/C11H15F3N2O2S/c1-16(5-6-19(2,17)18)10-4-3-8(15)7-9(10)11(12,13)14/h3-4,7H,5-6,15H2,1-2H3. The summed E-state index contributed by atoms with van der Waals surface area (Å²) < 4.78 is 60.7. The van der Waals surface area contributed by atoms with Crippen LogP contribution in [0.25, 0.3) is 0 Å². The van der Waals surface area contributed by atoms with Gasteiger partial charge >= 0.3 is 6.18 Å². The van der Waals surface area contributed by atoms with E-state index in [1.165, 1.54) is 24.1 Å². The van der Waals surface area contributed by atoms with Crippen LogP contribution in [0.4, 0.5) is 24.5 Å². The van der Waals surface area contributed by atoms with Crippen LogP contribution in [0, 0.1) is 0 Å². The number of nitrogens with two attached hydrogens (primary N) is 1. The topological polar surface area (TPSA) is 63.4 Å². The number of nitrogens with zero attached hydrogens (tertiary/aromatic N) is 1. The van der Waals surface area contributed by atoms with Crippen LogP contribution in [0.2, 0.25) is 0 Å². The number of sulfone groups is 1. The Kier molecular flexibility index (Phi) is 4.34. The number of rotatable bonds is 4. The maximum absolute atomic E-state index is 12.9. The number of alkyl halides is 3. The largest absolute Gasteiger partial charge is 0.418 e. The summed E-state index contributed by atoms with van der Waals surface area (Å²) >= 11 is 0. The van der Waals surface area contributed by atoms with Gasteiger partial charge in [0.1, 0.15) is 9.84 Å². The third-order valence-corrected chi connectivity index (χ3v) is 3.46. The molecule has 0 heterocycles. The van der Waals surface area contributed by atoms with Crippen molar-refractivity contribution >= 4 is 21.2 Å². The smallest absolute Gasteiger partial charge is 0.399 e. The minimum atomic E-state index is -4.54. The van der Waals surface area contributed by atoms with Crippen LogP contribution in [-0.2, 0) is 16.0 Å². The Labute approximate surface area is 109 Å². The normalized spacial score (nSPS) is 12.5. The molecule has 0 bridgehead atoms. The highest BCUT2D eigenvalue weighted by Crippen LogP contribution is 2.37. The summed E-state index contributed by atoms with van der Waals surface area (Å²) in [5.41, 5.74) is 4.40. The highest BCUT2D eigenvalue weighted by molar-refractivity contribution is 7.90. The van der Waals surface area contributed by atoms with Gasteiger partial charge in [0.25, 0.3) is 0 Å². The molecule has 0 radical (unpaired) electrons. The first kappa shape index (κ1) is 15.6. The van der Waals surface area contributed by atoms with Crippen LogP contribution in [0.1, 0.15) is 5.56 Å². The lowest BCUT2D eigenvalue weighted by atomic mass is 10.1. The summed E-state index contributed by atoms with van der Waals surface area (Å²) in [6.07, 6.45) is -3.50. The maximum atomic E-state index is 12.9. The predicted octanol–water partition coefficient (Wildman–Crippen LogP) is 1.77. The van der Waals surface area contributed by atoms with E-state index in [0.29, 0.717) is 0 Å². The van der Waals surface area contributed by atoms with Gasteiger partial charge in [-0.25, -0.2) is 8.42 Å². The Morgan fingerprint density at radius 2 is 1.89 bits per heavy atom. The van der Waals surface area contributed by atoms with Gasteiger partial charge in [0.05, 0.1) is 11.3 Å². The molecule has 19 heavy (non-hydrogen) atoms. The molecule has 0 spiro atoms. The maximum Gasteiger partial charge on any atom is 0.418 e.